The molecule has 1 amide bonds. The van der Waals surface area contributed by atoms with E-state index in [0.29, 0.717) is 17.4 Å². The number of nitrogens with one attached hydrogen (secondary N) is 1. The number of rotatable bonds is 4. The molecule has 0 aliphatic rings. The van der Waals surface area contributed by atoms with Gasteiger partial charge in [0, 0.05) is 25.0 Å². The summed E-state index contributed by atoms with van der Waals surface area (Å²) in [7, 11) is 0. The Kier molecular flexibility index (Phi) is 3.43. The molecule has 0 aromatic carbocycles. The first-order valence-electron chi connectivity index (χ1n) is 6.90. The van der Waals surface area contributed by atoms with E-state index in [1.165, 1.54) is 0 Å². The average molecular weight is 283 g/mol. The SMILES string of the molecule is CC(C)Cn1nccc1NC(=O)c1cn2ccccc2n1. The van der Waals surface area contributed by atoms with Gasteiger partial charge in [0.2, 0.25) is 0 Å². The molecule has 0 aliphatic carbocycles. The molecular formula is C15H17N5O. The molecule has 6 heteroatoms. The second-order valence-electron chi connectivity index (χ2n) is 5.34. The number of pyridine rings is 1. The number of anilines is 1. The standard InChI is InChI=1S/C15H17N5O/c1-11(2)9-20-14(6-7-16-20)18-15(21)12-10-19-8-4-3-5-13(19)17-12/h3-8,10-11H,9H2,1-2H3,(H,18,21). The molecule has 21 heavy (non-hydrogen) atoms. The first-order chi connectivity index (χ1) is 10.1. The van der Waals surface area contributed by atoms with Gasteiger partial charge in [-0.1, -0.05) is 19.9 Å². The Hall–Kier alpha value is -2.63. The lowest BCUT2D eigenvalue weighted by Crippen LogP contribution is -2.17. The van der Waals surface area contributed by atoms with E-state index in [0.717, 1.165) is 12.2 Å². The van der Waals surface area contributed by atoms with Crippen molar-refractivity contribution in [3.8, 4) is 0 Å². The van der Waals surface area contributed by atoms with Crippen molar-refractivity contribution in [1.82, 2.24) is 19.2 Å². The summed E-state index contributed by atoms with van der Waals surface area (Å²) >= 11 is 0. The van der Waals surface area contributed by atoms with E-state index in [9.17, 15) is 4.79 Å². The van der Waals surface area contributed by atoms with Gasteiger partial charge >= 0.3 is 0 Å². The van der Waals surface area contributed by atoms with Crippen molar-refractivity contribution in [2.75, 3.05) is 5.32 Å². The topological polar surface area (TPSA) is 64.2 Å². The zero-order valence-corrected chi connectivity index (χ0v) is 12.0. The second kappa shape index (κ2) is 5.40. The number of nitrogens with zero attached hydrogens (tertiary/aromatic N) is 4. The van der Waals surface area contributed by atoms with Crippen LogP contribution in [-0.2, 0) is 6.54 Å². The monoisotopic (exact) mass is 283 g/mol. The first kappa shape index (κ1) is 13.4. The van der Waals surface area contributed by atoms with Gasteiger partial charge in [-0.3, -0.25) is 4.79 Å². The van der Waals surface area contributed by atoms with Crippen LogP contribution in [0.3, 0.4) is 0 Å². The molecule has 3 aromatic heterocycles. The van der Waals surface area contributed by atoms with Gasteiger partial charge in [0.15, 0.2) is 0 Å². The summed E-state index contributed by atoms with van der Waals surface area (Å²) in [5, 5.41) is 7.08. The minimum absolute atomic E-state index is 0.232. The molecule has 3 aromatic rings. The fourth-order valence-corrected chi connectivity index (χ4v) is 2.15. The molecule has 0 radical (unpaired) electrons. The maximum atomic E-state index is 12.3. The largest absolute Gasteiger partial charge is 0.306 e. The number of fused-ring (bicyclic) bond motifs is 1. The van der Waals surface area contributed by atoms with Gasteiger partial charge in [-0.2, -0.15) is 5.10 Å². The van der Waals surface area contributed by atoms with Crippen LogP contribution in [0.1, 0.15) is 24.3 Å². The fraction of sp³-hybridized carbons (Fsp3) is 0.267. The second-order valence-corrected chi connectivity index (χ2v) is 5.34. The molecule has 0 saturated carbocycles. The van der Waals surface area contributed by atoms with E-state index < -0.39 is 0 Å². The Balaban J connectivity index is 1.81. The van der Waals surface area contributed by atoms with E-state index in [2.05, 4.69) is 29.2 Å². The number of aromatic nitrogens is 4. The van der Waals surface area contributed by atoms with E-state index in [1.54, 1.807) is 23.1 Å². The summed E-state index contributed by atoms with van der Waals surface area (Å²) in [6.45, 7) is 4.97. The third-order valence-electron chi connectivity index (χ3n) is 3.09. The van der Waals surface area contributed by atoms with Gasteiger partial charge in [0.05, 0.1) is 6.20 Å². The van der Waals surface area contributed by atoms with Gasteiger partial charge in [0.25, 0.3) is 5.91 Å². The van der Waals surface area contributed by atoms with Crippen LogP contribution in [0.5, 0.6) is 0 Å². The summed E-state index contributed by atoms with van der Waals surface area (Å²) in [6.07, 6.45) is 5.26. The fourth-order valence-electron chi connectivity index (χ4n) is 2.15. The number of amides is 1. The minimum Gasteiger partial charge on any atom is -0.306 e. The molecule has 6 nitrogen and oxygen atoms in total. The van der Waals surface area contributed by atoms with Crippen LogP contribution >= 0.6 is 0 Å². The summed E-state index contributed by atoms with van der Waals surface area (Å²) in [5.41, 5.74) is 1.14. The molecule has 0 unspecified atom stereocenters. The third kappa shape index (κ3) is 2.79. The molecule has 3 rings (SSSR count). The van der Waals surface area contributed by atoms with Crippen molar-refractivity contribution < 1.29 is 4.79 Å². The van der Waals surface area contributed by atoms with E-state index in [1.807, 2.05) is 28.8 Å². The summed E-state index contributed by atoms with van der Waals surface area (Å²) in [5.74, 6) is 0.908. The summed E-state index contributed by atoms with van der Waals surface area (Å²) in [4.78, 5) is 16.6. The van der Waals surface area contributed by atoms with Crippen LogP contribution in [-0.4, -0.2) is 25.1 Å². The molecule has 1 N–H and O–H groups in total. The van der Waals surface area contributed by atoms with E-state index >= 15 is 0 Å². The van der Waals surface area contributed by atoms with Crippen LogP contribution in [0.2, 0.25) is 0 Å². The molecule has 0 spiro atoms. The highest BCUT2D eigenvalue weighted by Gasteiger charge is 2.13. The normalized spacial score (nSPS) is 11.2. The summed E-state index contributed by atoms with van der Waals surface area (Å²) < 4.78 is 3.61. The number of hydrogen-bond donors (Lipinski definition) is 1. The average Bonchev–Trinajstić information content (AvgIpc) is 3.05. The molecule has 3 heterocycles. The third-order valence-corrected chi connectivity index (χ3v) is 3.09. The number of carbonyl (C=O) groups is 1. The Morgan fingerprint density at radius 1 is 1.33 bits per heavy atom. The van der Waals surface area contributed by atoms with Gasteiger partial charge in [-0.25, -0.2) is 9.67 Å². The zero-order valence-electron chi connectivity index (χ0n) is 12.0. The van der Waals surface area contributed by atoms with Crippen molar-refractivity contribution in [1.29, 1.82) is 0 Å². The molecule has 0 atom stereocenters. The predicted molar refractivity (Wildman–Crippen MR) is 80.2 cm³/mol. The lowest BCUT2D eigenvalue weighted by Gasteiger charge is -2.09. The van der Waals surface area contributed by atoms with Crippen LogP contribution in [0.4, 0.5) is 5.82 Å². The van der Waals surface area contributed by atoms with Gasteiger partial charge < -0.3 is 9.72 Å². The van der Waals surface area contributed by atoms with E-state index in [4.69, 9.17) is 0 Å². The Morgan fingerprint density at radius 2 is 2.19 bits per heavy atom. The van der Waals surface area contributed by atoms with Crippen molar-refractivity contribution in [2.45, 2.75) is 20.4 Å². The zero-order chi connectivity index (χ0) is 14.8. The van der Waals surface area contributed by atoms with Crippen molar-refractivity contribution >= 4 is 17.4 Å². The van der Waals surface area contributed by atoms with Crippen LogP contribution in [0.25, 0.3) is 5.65 Å². The molecule has 0 bridgehead atoms. The van der Waals surface area contributed by atoms with Crippen LogP contribution in [0, 0.1) is 5.92 Å². The Bertz CT molecular complexity index is 738. The smallest absolute Gasteiger partial charge is 0.277 e. The number of hydrogen-bond acceptors (Lipinski definition) is 3. The molecule has 0 aliphatic heterocycles. The number of carbonyl (C=O) groups excluding carboxylic acids is 1. The van der Waals surface area contributed by atoms with Gasteiger partial charge in [-0.05, 0) is 18.1 Å². The lowest BCUT2D eigenvalue weighted by molar-refractivity contribution is 0.102. The molecule has 0 saturated heterocycles. The van der Waals surface area contributed by atoms with Gasteiger partial charge in [0.1, 0.15) is 17.2 Å². The minimum atomic E-state index is -0.232. The Labute approximate surface area is 122 Å². The maximum Gasteiger partial charge on any atom is 0.277 e. The number of imidazole rings is 1. The lowest BCUT2D eigenvalue weighted by atomic mass is 10.2. The quantitative estimate of drug-likeness (QED) is 0.800. The van der Waals surface area contributed by atoms with Crippen LogP contribution in [0.15, 0.2) is 42.9 Å². The highest BCUT2D eigenvalue weighted by atomic mass is 16.2. The molecule has 108 valence electrons. The first-order valence-corrected chi connectivity index (χ1v) is 6.90. The van der Waals surface area contributed by atoms with E-state index in [-0.39, 0.29) is 5.91 Å². The van der Waals surface area contributed by atoms with Gasteiger partial charge in [-0.15, -0.1) is 0 Å². The highest BCUT2D eigenvalue weighted by molar-refractivity contribution is 6.02. The van der Waals surface area contributed by atoms with Crippen molar-refractivity contribution in [2.24, 2.45) is 5.92 Å². The summed E-state index contributed by atoms with van der Waals surface area (Å²) in [6, 6.07) is 7.44. The van der Waals surface area contributed by atoms with Crippen LogP contribution < -0.4 is 5.32 Å². The Morgan fingerprint density at radius 3 is 2.95 bits per heavy atom. The highest BCUT2D eigenvalue weighted by Crippen LogP contribution is 2.12. The van der Waals surface area contributed by atoms with Crippen molar-refractivity contribution in [3.63, 3.8) is 0 Å². The molecular weight excluding hydrogens is 266 g/mol. The van der Waals surface area contributed by atoms with Crippen molar-refractivity contribution in [3.05, 3.63) is 48.5 Å². The predicted octanol–water partition coefficient (Wildman–Crippen LogP) is 2.44. The maximum absolute atomic E-state index is 12.3. The molecule has 0 fully saturated rings.